The van der Waals surface area contributed by atoms with Crippen LogP contribution < -0.4 is 4.72 Å². The fourth-order valence-corrected chi connectivity index (χ4v) is 7.76. The Bertz CT molecular complexity index is 1250. The van der Waals surface area contributed by atoms with E-state index in [-0.39, 0.29) is 22.4 Å². The number of benzene rings is 2. The third-order valence-electron chi connectivity index (χ3n) is 7.25. The first kappa shape index (κ1) is 27.0. The average molecular weight is 531 g/mol. The summed E-state index contributed by atoms with van der Waals surface area (Å²) in [6, 6.07) is 13.5. The van der Waals surface area contributed by atoms with Crippen LogP contribution >= 0.6 is 0 Å². The molecule has 2 aliphatic carbocycles. The minimum atomic E-state index is -3.81. The zero-order valence-corrected chi connectivity index (χ0v) is 22.8. The number of allylic oxidation sites excluding steroid dienone is 1. The van der Waals surface area contributed by atoms with Gasteiger partial charge in [-0.3, -0.25) is 0 Å². The van der Waals surface area contributed by atoms with Gasteiger partial charge < -0.3 is 0 Å². The van der Waals surface area contributed by atoms with Gasteiger partial charge in [-0.1, -0.05) is 60.7 Å². The van der Waals surface area contributed by atoms with Gasteiger partial charge in [-0.15, -0.1) is 0 Å². The van der Waals surface area contributed by atoms with Crippen molar-refractivity contribution in [1.29, 1.82) is 0 Å². The van der Waals surface area contributed by atoms with Crippen molar-refractivity contribution in [3.8, 4) is 0 Å². The minimum Gasteiger partial charge on any atom is -0.208 e. The molecule has 196 valence electrons. The maximum absolute atomic E-state index is 13.7. The van der Waals surface area contributed by atoms with Crippen LogP contribution in [0, 0.1) is 6.92 Å². The number of hydrogen-bond acceptors (Lipinski definition) is 4. The Morgan fingerprint density at radius 3 is 2.14 bits per heavy atom. The molecule has 36 heavy (non-hydrogen) atoms. The Kier molecular flexibility index (Phi) is 9.04. The first-order valence-corrected chi connectivity index (χ1v) is 16.0. The predicted octanol–water partition coefficient (Wildman–Crippen LogP) is 5.69. The van der Waals surface area contributed by atoms with Crippen LogP contribution in [0.5, 0.6) is 0 Å². The normalized spacial score (nSPS) is 17.8. The molecule has 0 heterocycles. The molecule has 1 fully saturated rings. The Morgan fingerprint density at radius 1 is 0.833 bits per heavy atom. The molecule has 0 saturated heterocycles. The Balaban J connectivity index is 1.53. The molecule has 2 aromatic carbocycles. The third kappa shape index (κ3) is 7.06. The number of nitrogens with one attached hydrogen (secondary N) is 1. The highest BCUT2D eigenvalue weighted by Gasteiger charge is 2.27. The highest BCUT2D eigenvalue weighted by Crippen LogP contribution is 2.25. The molecule has 0 unspecified atom stereocenters. The molecular weight excluding hydrogens is 492 g/mol. The molecule has 0 spiro atoms. The van der Waals surface area contributed by atoms with Crippen LogP contribution in [-0.2, 0) is 26.6 Å². The van der Waals surface area contributed by atoms with Gasteiger partial charge >= 0.3 is 0 Å². The second-order valence-corrected chi connectivity index (χ2v) is 13.8. The van der Waals surface area contributed by atoms with Crippen LogP contribution in [0.1, 0.15) is 75.3 Å². The molecule has 2 aromatic rings. The monoisotopic (exact) mass is 530 g/mol. The molecule has 8 heteroatoms. The van der Waals surface area contributed by atoms with Crippen molar-refractivity contribution in [3.05, 3.63) is 71.3 Å². The summed E-state index contributed by atoms with van der Waals surface area (Å²) < 4.78 is 57.4. The fourth-order valence-electron chi connectivity index (χ4n) is 5.03. The van der Waals surface area contributed by atoms with Gasteiger partial charge in [-0.2, -0.15) is 4.31 Å². The number of hydrogen-bond donors (Lipinski definition) is 1. The largest absolute Gasteiger partial charge is 0.243 e. The number of sulfonamides is 2. The summed E-state index contributed by atoms with van der Waals surface area (Å²) in [6.07, 6.45) is 12.3. The first-order chi connectivity index (χ1) is 17.2. The van der Waals surface area contributed by atoms with E-state index in [1.54, 1.807) is 0 Å². The van der Waals surface area contributed by atoms with E-state index in [4.69, 9.17) is 0 Å². The van der Waals surface area contributed by atoms with Crippen LogP contribution in [0.4, 0.5) is 0 Å². The molecule has 0 radical (unpaired) electrons. The van der Waals surface area contributed by atoms with Crippen molar-refractivity contribution in [2.45, 2.75) is 93.5 Å². The van der Waals surface area contributed by atoms with Crippen molar-refractivity contribution in [2.24, 2.45) is 0 Å². The van der Waals surface area contributed by atoms with E-state index in [2.05, 4.69) is 10.8 Å². The van der Waals surface area contributed by atoms with Crippen molar-refractivity contribution in [2.75, 3.05) is 6.54 Å². The summed E-state index contributed by atoms with van der Waals surface area (Å²) in [5, 5.41) is 0. The lowest BCUT2D eigenvalue weighted by Crippen LogP contribution is -2.36. The lowest BCUT2D eigenvalue weighted by Gasteiger charge is -2.24. The summed E-state index contributed by atoms with van der Waals surface area (Å²) >= 11 is 0. The molecular formula is C28H38N2O4S2. The molecule has 4 rings (SSSR count). The summed E-state index contributed by atoms with van der Waals surface area (Å²) in [7, 11) is -7.49. The third-order valence-corrected chi connectivity index (χ3v) is 10.6. The summed E-state index contributed by atoms with van der Waals surface area (Å²) in [5.41, 5.74) is 3.37. The molecule has 0 aromatic heterocycles. The number of aryl methyl sites for hydroxylation is 1. The molecule has 0 amide bonds. The maximum Gasteiger partial charge on any atom is 0.243 e. The second kappa shape index (κ2) is 12.0. The lowest BCUT2D eigenvalue weighted by molar-refractivity contribution is 0.405. The highest BCUT2D eigenvalue weighted by molar-refractivity contribution is 7.89. The van der Waals surface area contributed by atoms with Crippen LogP contribution in [0.25, 0.3) is 0 Å². The molecule has 0 aliphatic heterocycles. The van der Waals surface area contributed by atoms with Gasteiger partial charge in [0.1, 0.15) is 0 Å². The zero-order valence-electron chi connectivity index (χ0n) is 21.2. The summed E-state index contributed by atoms with van der Waals surface area (Å²) in [6.45, 7) is 2.68. The van der Waals surface area contributed by atoms with Crippen LogP contribution in [0.2, 0.25) is 0 Å². The quantitative estimate of drug-likeness (QED) is 0.400. The van der Waals surface area contributed by atoms with Gasteiger partial charge in [-0.25, -0.2) is 21.6 Å². The predicted molar refractivity (Wildman–Crippen MR) is 144 cm³/mol. The molecule has 1 N–H and O–H groups in total. The SMILES string of the molecule is Cc1ccc(CN(CCC2=CCCCC2)S(=O)(=O)c2ccc(S(=O)(=O)NC3CCCCC3)cc2)cc1. The van der Waals surface area contributed by atoms with E-state index in [1.165, 1.54) is 40.6 Å². The van der Waals surface area contributed by atoms with Crippen molar-refractivity contribution >= 4 is 20.0 Å². The van der Waals surface area contributed by atoms with Crippen LogP contribution in [-0.4, -0.2) is 33.7 Å². The smallest absolute Gasteiger partial charge is 0.208 e. The highest BCUT2D eigenvalue weighted by atomic mass is 32.2. The number of rotatable bonds is 10. The van der Waals surface area contributed by atoms with Gasteiger partial charge in [-0.05, 0) is 81.7 Å². The van der Waals surface area contributed by atoms with Crippen LogP contribution in [0.3, 0.4) is 0 Å². The van der Waals surface area contributed by atoms with Gasteiger partial charge in [0.15, 0.2) is 0 Å². The Morgan fingerprint density at radius 2 is 1.50 bits per heavy atom. The molecule has 0 atom stereocenters. The standard InChI is InChI=1S/C28H38N2O4S2/c1-23-12-14-25(15-13-23)22-30(21-20-24-8-4-2-5-9-24)36(33,34)28-18-16-27(17-19-28)35(31,32)29-26-10-6-3-7-11-26/h8,12-19,26,29H,2-7,9-11,20-22H2,1H3. The van der Waals surface area contributed by atoms with E-state index >= 15 is 0 Å². The van der Waals surface area contributed by atoms with E-state index < -0.39 is 20.0 Å². The van der Waals surface area contributed by atoms with E-state index in [9.17, 15) is 16.8 Å². The van der Waals surface area contributed by atoms with E-state index in [0.29, 0.717) is 13.0 Å². The van der Waals surface area contributed by atoms with Crippen LogP contribution in [0.15, 0.2) is 70.0 Å². The molecule has 2 aliphatic rings. The van der Waals surface area contributed by atoms with Gasteiger partial charge in [0.2, 0.25) is 20.0 Å². The molecule has 1 saturated carbocycles. The van der Waals surface area contributed by atoms with Gasteiger partial charge in [0, 0.05) is 19.1 Å². The second-order valence-electron chi connectivity index (χ2n) is 10.1. The number of nitrogens with zero attached hydrogens (tertiary/aromatic N) is 1. The first-order valence-electron chi connectivity index (χ1n) is 13.1. The van der Waals surface area contributed by atoms with Gasteiger partial charge in [0.05, 0.1) is 9.79 Å². The fraction of sp³-hybridized carbons (Fsp3) is 0.500. The Hall–Kier alpha value is -2.00. The summed E-state index contributed by atoms with van der Waals surface area (Å²) in [4.78, 5) is 0.216. The minimum absolute atomic E-state index is 0.0498. The molecule has 6 nitrogen and oxygen atoms in total. The van der Waals surface area contributed by atoms with E-state index in [0.717, 1.165) is 62.5 Å². The molecule has 0 bridgehead atoms. The van der Waals surface area contributed by atoms with Gasteiger partial charge in [0.25, 0.3) is 0 Å². The lowest BCUT2D eigenvalue weighted by atomic mass is 9.96. The van der Waals surface area contributed by atoms with Crippen molar-refractivity contribution < 1.29 is 16.8 Å². The summed E-state index contributed by atoms with van der Waals surface area (Å²) in [5.74, 6) is 0. The zero-order chi connectivity index (χ0) is 25.6. The van der Waals surface area contributed by atoms with Crippen molar-refractivity contribution in [3.63, 3.8) is 0 Å². The average Bonchev–Trinajstić information content (AvgIpc) is 2.88. The van der Waals surface area contributed by atoms with E-state index in [1.807, 2.05) is 31.2 Å². The topological polar surface area (TPSA) is 83.6 Å². The maximum atomic E-state index is 13.7. The Labute approximate surface area is 216 Å². The van der Waals surface area contributed by atoms with Crippen molar-refractivity contribution in [1.82, 2.24) is 9.03 Å².